The van der Waals surface area contributed by atoms with Gasteiger partial charge in [0.05, 0.1) is 13.2 Å². The first-order valence-corrected chi connectivity index (χ1v) is 5.44. The Kier molecular flexibility index (Phi) is 5.08. The largest absolute Gasteiger partial charge is 0.395 e. The molecular weight excluding hydrogens is 218 g/mol. The van der Waals surface area contributed by atoms with Gasteiger partial charge in [0.2, 0.25) is 5.91 Å². The number of hydrogen-bond acceptors (Lipinski definition) is 3. The van der Waals surface area contributed by atoms with Crippen LogP contribution in [0.3, 0.4) is 0 Å². The Morgan fingerprint density at radius 3 is 2.56 bits per heavy atom. The molecule has 1 fully saturated rings. The van der Waals surface area contributed by atoms with Crippen LogP contribution in [0.25, 0.3) is 0 Å². The van der Waals surface area contributed by atoms with Crippen LogP contribution in [-0.4, -0.2) is 55.1 Å². The number of amides is 1. The first kappa shape index (κ1) is 13.3. The molecule has 0 aromatic heterocycles. The van der Waals surface area contributed by atoms with Crippen molar-refractivity contribution in [2.75, 3.05) is 32.8 Å². The summed E-state index contributed by atoms with van der Waals surface area (Å²) in [6.45, 7) is 2.37. The van der Waals surface area contributed by atoms with Crippen molar-refractivity contribution in [1.29, 1.82) is 0 Å². The highest BCUT2D eigenvalue weighted by molar-refractivity contribution is 5.79. The summed E-state index contributed by atoms with van der Waals surface area (Å²) >= 11 is 0. The van der Waals surface area contributed by atoms with Crippen molar-refractivity contribution in [1.82, 2.24) is 10.2 Å². The fourth-order valence-electron chi connectivity index (χ4n) is 1.73. The van der Waals surface area contributed by atoms with E-state index in [2.05, 4.69) is 5.32 Å². The first-order valence-electron chi connectivity index (χ1n) is 5.44. The molecule has 0 bridgehead atoms. The van der Waals surface area contributed by atoms with Gasteiger partial charge in [-0.3, -0.25) is 4.79 Å². The van der Waals surface area contributed by atoms with Crippen LogP contribution < -0.4 is 5.32 Å². The fourth-order valence-corrected chi connectivity index (χ4v) is 1.73. The molecule has 94 valence electrons. The molecule has 4 nitrogen and oxygen atoms in total. The van der Waals surface area contributed by atoms with Crippen molar-refractivity contribution in [3.8, 4) is 0 Å². The van der Waals surface area contributed by atoms with Gasteiger partial charge in [-0.25, -0.2) is 8.78 Å². The van der Waals surface area contributed by atoms with E-state index in [9.17, 15) is 13.6 Å². The van der Waals surface area contributed by atoms with Crippen molar-refractivity contribution in [2.45, 2.75) is 13.3 Å². The predicted molar refractivity (Wildman–Crippen MR) is 55.2 cm³/mol. The molecule has 0 aromatic carbocycles. The van der Waals surface area contributed by atoms with Gasteiger partial charge in [-0.15, -0.1) is 0 Å². The Morgan fingerprint density at radius 1 is 1.56 bits per heavy atom. The van der Waals surface area contributed by atoms with Crippen LogP contribution in [0.15, 0.2) is 0 Å². The fraction of sp³-hybridized carbons (Fsp3) is 0.900. The van der Waals surface area contributed by atoms with E-state index in [0.717, 1.165) is 18.0 Å². The number of carbonyl (C=O) groups excluding carboxylic acids is 1. The SMILES string of the molecule is CC(C(=O)N(CCO)CC(F)F)C1CNC1. The minimum Gasteiger partial charge on any atom is -0.395 e. The Bertz CT molecular complexity index is 235. The number of nitrogens with one attached hydrogen (secondary N) is 1. The summed E-state index contributed by atoms with van der Waals surface area (Å²) in [6, 6.07) is 0. The normalized spacial score (nSPS) is 18.3. The molecule has 1 saturated heterocycles. The minimum absolute atomic E-state index is 0.0202. The maximum Gasteiger partial charge on any atom is 0.255 e. The maximum absolute atomic E-state index is 12.2. The summed E-state index contributed by atoms with van der Waals surface area (Å²) in [6.07, 6.45) is -2.55. The lowest BCUT2D eigenvalue weighted by Crippen LogP contribution is -2.51. The number of hydrogen-bond donors (Lipinski definition) is 2. The third-order valence-corrected chi connectivity index (χ3v) is 2.95. The van der Waals surface area contributed by atoms with E-state index in [4.69, 9.17) is 5.11 Å². The standard InChI is InChI=1S/C10H18F2N2O2/c1-7(8-4-13-5-8)10(16)14(2-3-15)6-9(11)12/h7-9,13,15H,2-6H2,1H3. The number of rotatable bonds is 6. The molecule has 2 N–H and O–H groups in total. The van der Waals surface area contributed by atoms with Crippen molar-refractivity contribution in [2.24, 2.45) is 11.8 Å². The van der Waals surface area contributed by atoms with E-state index in [0.29, 0.717) is 0 Å². The van der Waals surface area contributed by atoms with Crippen LogP contribution in [0.2, 0.25) is 0 Å². The second kappa shape index (κ2) is 6.10. The van der Waals surface area contributed by atoms with Gasteiger partial charge in [0, 0.05) is 12.5 Å². The molecule has 0 radical (unpaired) electrons. The van der Waals surface area contributed by atoms with Gasteiger partial charge >= 0.3 is 0 Å². The monoisotopic (exact) mass is 236 g/mol. The zero-order valence-corrected chi connectivity index (χ0v) is 9.33. The number of nitrogens with zero attached hydrogens (tertiary/aromatic N) is 1. The molecule has 0 spiro atoms. The second-order valence-corrected chi connectivity index (χ2v) is 4.11. The molecule has 1 rings (SSSR count). The van der Waals surface area contributed by atoms with Gasteiger partial charge in [-0.1, -0.05) is 6.92 Å². The molecule has 0 saturated carbocycles. The van der Waals surface area contributed by atoms with Crippen LogP contribution in [0.4, 0.5) is 8.78 Å². The van der Waals surface area contributed by atoms with Crippen LogP contribution in [0.1, 0.15) is 6.92 Å². The van der Waals surface area contributed by atoms with Crippen molar-refractivity contribution >= 4 is 5.91 Å². The van der Waals surface area contributed by atoms with E-state index in [1.807, 2.05) is 0 Å². The summed E-state index contributed by atoms with van der Waals surface area (Å²) in [7, 11) is 0. The maximum atomic E-state index is 12.2. The Hall–Kier alpha value is -0.750. The lowest BCUT2D eigenvalue weighted by Gasteiger charge is -2.34. The molecule has 0 aromatic rings. The molecule has 1 aliphatic heterocycles. The van der Waals surface area contributed by atoms with E-state index in [1.54, 1.807) is 6.92 Å². The first-order chi connectivity index (χ1) is 7.56. The minimum atomic E-state index is -2.55. The van der Waals surface area contributed by atoms with Crippen LogP contribution in [0, 0.1) is 11.8 Å². The highest BCUT2D eigenvalue weighted by atomic mass is 19.3. The molecule has 16 heavy (non-hydrogen) atoms. The molecule has 0 aliphatic carbocycles. The number of aliphatic hydroxyl groups is 1. The van der Waals surface area contributed by atoms with Crippen LogP contribution in [-0.2, 0) is 4.79 Å². The molecule has 1 unspecified atom stereocenters. The topological polar surface area (TPSA) is 52.6 Å². The summed E-state index contributed by atoms with van der Waals surface area (Å²) < 4.78 is 24.5. The van der Waals surface area contributed by atoms with Gasteiger partial charge in [-0.2, -0.15) is 0 Å². The zero-order valence-electron chi connectivity index (χ0n) is 9.33. The van der Waals surface area contributed by atoms with E-state index >= 15 is 0 Å². The lowest BCUT2D eigenvalue weighted by molar-refractivity contribution is -0.139. The average Bonchev–Trinajstić information content (AvgIpc) is 2.12. The Morgan fingerprint density at radius 2 is 2.19 bits per heavy atom. The van der Waals surface area contributed by atoms with Crippen LogP contribution in [0.5, 0.6) is 0 Å². The van der Waals surface area contributed by atoms with Crippen molar-refractivity contribution in [3.05, 3.63) is 0 Å². The molecule has 1 aliphatic rings. The summed E-state index contributed by atoms with van der Waals surface area (Å²) in [5, 5.41) is 11.8. The highest BCUT2D eigenvalue weighted by Gasteiger charge is 2.32. The van der Waals surface area contributed by atoms with E-state index in [-0.39, 0.29) is 30.9 Å². The quantitative estimate of drug-likeness (QED) is 0.678. The second-order valence-electron chi connectivity index (χ2n) is 4.11. The summed E-state index contributed by atoms with van der Waals surface area (Å²) in [5.74, 6) is -0.321. The molecule has 6 heteroatoms. The molecular formula is C10H18F2N2O2. The van der Waals surface area contributed by atoms with Crippen molar-refractivity contribution < 1.29 is 18.7 Å². The van der Waals surface area contributed by atoms with Gasteiger partial charge in [0.15, 0.2) is 0 Å². The van der Waals surface area contributed by atoms with Gasteiger partial charge in [0.25, 0.3) is 6.43 Å². The Balaban J connectivity index is 2.50. The summed E-state index contributed by atoms with van der Waals surface area (Å²) in [5.41, 5.74) is 0. The number of carbonyl (C=O) groups is 1. The number of aliphatic hydroxyl groups excluding tert-OH is 1. The molecule has 1 heterocycles. The number of halogens is 2. The van der Waals surface area contributed by atoms with Gasteiger partial charge < -0.3 is 15.3 Å². The van der Waals surface area contributed by atoms with Crippen molar-refractivity contribution in [3.63, 3.8) is 0 Å². The van der Waals surface area contributed by atoms with E-state index < -0.39 is 13.0 Å². The number of alkyl halides is 2. The smallest absolute Gasteiger partial charge is 0.255 e. The van der Waals surface area contributed by atoms with Gasteiger partial charge in [0.1, 0.15) is 0 Å². The van der Waals surface area contributed by atoms with Gasteiger partial charge in [-0.05, 0) is 19.0 Å². The van der Waals surface area contributed by atoms with Crippen LogP contribution >= 0.6 is 0 Å². The lowest BCUT2D eigenvalue weighted by atomic mass is 9.88. The summed E-state index contributed by atoms with van der Waals surface area (Å²) in [4.78, 5) is 12.9. The highest BCUT2D eigenvalue weighted by Crippen LogP contribution is 2.18. The van der Waals surface area contributed by atoms with E-state index in [1.165, 1.54) is 0 Å². The average molecular weight is 236 g/mol. The third kappa shape index (κ3) is 3.38. The Labute approximate surface area is 93.6 Å². The predicted octanol–water partition coefficient (Wildman–Crippen LogP) is -0.0721. The zero-order chi connectivity index (χ0) is 12.1. The third-order valence-electron chi connectivity index (χ3n) is 2.95. The molecule has 1 amide bonds. The molecule has 1 atom stereocenters.